The molecule has 0 saturated heterocycles. The molecule has 198 valence electrons. The Labute approximate surface area is 222 Å². The number of aromatic amines is 1. The Balaban J connectivity index is 1.79. The molecule has 1 saturated carbocycles. The smallest absolute Gasteiger partial charge is 0.128 e. The summed E-state index contributed by atoms with van der Waals surface area (Å²) in [5.41, 5.74) is 8.45. The molecule has 2 aromatic heterocycles. The topological polar surface area (TPSA) is 52.7 Å². The maximum absolute atomic E-state index is 14.7. The summed E-state index contributed by atoms with van der Waals surface area (Å²) in [6.45, 7) is 13.1. The minimum Gasteiger partial charge on any atom is -0.356 e. The van der Waals surface area contributed by atoms with E-state index in [2.05, 4.69) is 54.0 Å². The first-order valence-electron chi connectivity index (χ1n) is 13.8. The van der Waals surface area contributed by atoms with Crippen LogP contribution in [0.25, 0.3) is 17.3 Å². The lowest BCUT2D eigenvalue weighted by molar-refractivity contribution is 0.0650. The van der Waals surface area contributed by atoms with Crippen LogP contribution in [0.3, 0.4) is 0 Å². The van der Waals surface area contributed by atoms with Gasteiger partial charge < -0.3 is 15.6 Å². The molecule has 3 N–H and O–H groups in total. The lowest BCUT2D eigenvalue weighted by Gasteiger charge is -2.45. The molecule has 2 heterocycles. The minimum absolute atomic E-state index is 0.182. The Morgan fingerprint density at radius 2 is 2.08 bits per heavy atom. The summed E-state index contributed by atoms with van der Waals surface area (Å²) in [5, 5.41) is 7.05. The number of likely N-dealkylation sites (N-methyl/N-ethyl adjacent to an activating group) is 1. The van der Waals surface area contributed by atoms with Gasteiger partial charge in [0.2, 0.25) is 0 Å². The summed E-state index contributed by atoms with van der Waals surface area (Å²) in [6, 6.07) is 7.71. The minimum atomic E-state index is -0.182. The van der Waals surface area contributed by atoms with E-state index in [1.54, 1.807) is 6.07 Å². The van der Waals surface area contributed by atoms with Gasteiger partial charge >= 0.3 is 0 Å². The third-order valence-electron chi connectivity index (χ3n) is 8.59. The van der Waals surface area contributed by atoms with Gasteiger partial charge in [-0.2, -0.15) is 0 Å². The molecule has 1 aliphatic carbocycles. The van der Waals surface area contributed by atoms with E-state index < -0.39 is 0 Å². The highest BCUT2D eigenvalue weighted by Gasteiger charge is 2.37. The SMILES string of the molecule is C=Cc1c(C[C@@H](CC)NC)[nH]c(-c2ccncc2CC[C@@H]2CCC2(C)C)c1Nc1cccc(F)c1CC. The number of nitrogens with zero attached hydrogens (tertiary/aromatic N) is 1. The Kier molecular flexibility index (Phi) is 8.53. The molecular weight excluding hydrogens is 459 g/mol. The van der Waals surface area contributed by atoms with Crippen molar-refractivity contribution in [1.82, 2.24) is 15.3 Å². The summed E-state index contributed by atoms with van der Waals surface area (Å²) in [6.07, 6.45) is 13.1. The number of rotatable bonds is 12. The summed E-state index contributed by atoms with van der Waals surface area (Å²) in [7, 11) is 2.01. The Hall–Kier alpha value is -2.92. The molecule has 3 aromatic rings. The average molecular weight is 503 g/mol. The van der Waals surface area contributed by atoms with Crippen molar-refractivity contribution in [2.45, 2.75) is 78.7 Å². The number of aryl methyl sites for hydroxylation is 1. The molecule has 0 amide bonds. The highest BCUT2D eigenvalue weighted by Crippen LogP contribution is 2.48. The van der Waals surface area contributed by atoms with Crippen LogP contribution in [0.4, 0.5) is 15.8 Å². The Morgan fingerprint density at radius 1 is 1.27 bits per heavy atom. The monoisotopic (exact) mass is 502 g/mol. The molecule has 0 bridgehead atoms. The molecule has 1 aliphatic rings. The molecule has 5 heteroatoms. The first kappa shape index (κ1) is 27.1. The zero-order chi connectivity index (χ0) is 26.6. The standard InChI is InChI=1S/C32H43FN4/c1-7-23(34-6)19-29-25(9-3)30(36-28-12-10-11-27(33)24(28)8-2)31(37-29)26-16-18-35-20-21(26)13-14-22-15-17-32(22,4)5/h9-12,16,18,20,22-23,34,36-37H,3,7-8,13-15,17,19H2,1-2,4-6H3/t22-,23-/m1/s1. The maximum atomic E-state index is 14.7. The zero-order valence-electron chi connectivity index (χ0n) is 23.2. The van der Waals surface area contributed by atoms with Crippen LogP contribution >= 0.6 is 0 Å². The predicted octanol–water partition coefficient (Wildman–Crippen LogP) is 8.07. The van der Waals surface area contributed by atoms with Crippen molar-refractivity contribution < 1.29 is 4.39 Å². The van der Waals surface area contributed by atoms with Crippen LogP contribution in [0.2, 0.25) is 0 Å². The van der Waals surface area contributed by atoms with Crippen LogP contribution in [-0.2, 0) is 19.3 Å². The van der Waals surface area contributed by atoms with E-state index in [9.17, 15) is 4.39 Å². The average Bonchev–Trinajstić information content (AvgIpc) is 3.23. The number of H-pyrrole nitrogens is 1. The van der Waals surface area contributed by atoms with Crippen molar-refractivity contribution in [3.63, 3.8) is 0 Å². The summed E-state index contributed by atoms with van der Waals surface area (Å²) in [5.74, 6) is 0.570. The molecule has 2 atom stereocenters. The third-order valence-corrected chi connectivity index (χ3v) is 8.59. The van der Waals surface area contributed by atoms with Crippen molar-refractivity contribution in [1.29, 1.82) is 0 Å². The fourth-order valence-electron chi connectivity index (χ4n) is 5.81. The van der Waals surface area contributed by atoms with E-state index in [0.29, 0.717) is 23.4 Å². The van der Waals surface area contributed by atoms with Gasteiger partial charge in [0, 0.05) is 52.9 Å². The maximum Gasteiger partial charge on any atom is 0.128 e. The van der Waals surface area contributed by atoms with Crippen LogP contribution in [0.15, 0.2) is 43.2 Å². The van der Waals surface area contributed by atoms with Crippen LogP contribution < -0.4 is 10.6 Å². The molecule has 4 rings (SSSR count). The van der Waals surface area contributed by atoms with Crippen molar-refractivity contribution in [3.05, 3.63) is 71.4 Å². The molecule has 1 aromatic carbocycles. The summed E-state index contributed by atoms with van der Waals surface area (Å²) < 4.78 is 14.7. The first-order chi connectivity index (χ1) is 17.8. The van der Waals surface area contributed by atoms with E-state index >= 15 is 0 Å². The Morgan fingerprint density at radius 3 is 2.70 bits per heavy atom. The second-order valence-corrected chi connectivity index (χ2v) is 11.1. The highest BCUT2D eigenvalue weighted by atomic mass is 19.1. The number of nitrogens with one attached hydrogen (secondary N) is 3. The Bertz CT molecular complexity index is 1220. The van der Waals surface area contributed by atoms with Crippen LogP contribution in [0, 0.1) is 17.2 Å². The largest absolute Gasteiger partial charge is 0.356 e. The van der Waals surface area contributed by atoms with Crippen LogP contribution in [0.5, 0.6) is 0 Å². The summed E-state index contributed by atoms with van der Waals surface area (Å²) in [4.78, 5) is 8.26. The van der Waals surface area contributed by atoms with E-state index in [-0.39, 0.29) is 5.82 Å². The highest BCUT2D eigenvalue weighted by molar-refractivity contribution is 5.88. The predicted molar refractivity (Wildman–Crippen MR) is 155 cm³/mol. The van der Waals surface area contributed by atoms with Crippen molar-refractivity contribution in [2.24, 2.45) is 11.3 Å². The molecule has 0 spiro atoms. The third kappa shape index (κ3) is 5.67. The molecule has 37 heavy (non-hydrogen) atoms. The van der Waals surface area contributed by atoms with Gasteiger partial charge in [-0.25, -0.2) is 4.39 Å². The lowest BCUT2D eigenvalue weighted by Crippen LogP contribution is -2.34. The van der Waals surface area contributed by atoms with Gasteiger partial charge in [0.25, 0.3) is 0 Å². The van der Waals surface area contributed by atoms with E-state index in [0.717, 1.165) is 65.5 Å². The van der Waals surface area contributed by atoms with Gasteiger partial charge in [-0.15, -0.1) is 0 Å². The number of hydrogen-bond acceptors (Lipinski definition) is 3. The van der Waals surface area contributed by atoms with Gasteiger partial charge in [0.15, 0.2) is 0 Å². The van der Waals surface area contributed by atoms with Crippen molar-refractivity contribution in [3.8, 4) is 11.3 Å². The normalized spacial score (nSPS) is 17.3. The first-order valence-corrected chi connectivity index (χ1v) is 13.8. The second-order valence-electron chi connectivity index (χ2n) is 11.1. The van der Waals surface area contributed by atoms with Gasteiger partial charge in [-0.1, -0.05) is 46.4 Å². The van der Waals surface area contributed by atoms with Crippen LogP contribution in [0.1, 0.15) is 75.8 Å². The fraction of sp³-hybridized carbons (Fsp3) is 0.469. The molecule has 4 nitrogen and oxygen atoms in total. The lowest BCUT2D eigenvalue weighted by atomic mass is 9.61. The molecule has 0 radical (unpaired) electrons. The quantitative estimate of drug-likeness (QED) is 0.235. The number of anilines is 2. The second kappa shape index (κ2) is 11.6. The number of hydrogen-bond donors (Lipinski definition) is 3. The van der Waals surface area contributed by atoms with Gasteiger partial charge in [0.05, 0.1) is 11.4 Å². The molecule has 0 unspecified atom stereocenters. The van der Waals surface area contributed by atoms with Gasteiger partial charge in [-0.3, -0.25) is 4.98 Å². The van der Waals surface area contributed by atoms with Crippen molar-refractivity contribution in [2.75, 3.05) is 12.4 Å². The summed E-state index contributed by atoms with van der Waals surface area (Å²) >= 11 is 0. The molecule has 1 fully saturated rings. The number of pyridine rings is 1. The number of halogens is 1. The molecule has 0 aliphatic heterocycles. The van der Waals surface area contributed by atoms with Gasteiger partial charge in [-0.05, 0) is 80.7 Å². The fourth-order valence-corrected chi connectivity index (χ4v) is 5.81. The number of benzene rings is 1. The zero-order valence-corrected chi connectivity index (χ0v) is 23.2. The van der Waals surface area contributed by atoms with E-state index in [4.69, 9.17) is 0 Å². The van der Waals surface area contributed by atoms with E-state index in [1.165, 1.54) is 24.5 Å². The number of aromatic nitrogens is 2. The van der Waals surface area contributed by atoms with E-state index in [1.807, 2.05) is 38.5 Å². The van der Waals surface area contributed by atoms with Crippen LogP contribution in [-0.4, -0.2) is 23.1 Å². The van der Waals surface area contributed by atoms with Crippen molar-refractivity contribution >= 4 is 17.5 Å². The van der Waals surface area contributed by atoms with Gasteiger partial charge in [0.1, 0.15) is 5.82 Å². The molecular formula is C32H43FN4.